The number of carbonyl (C=O) groups excluding carboxylic acids is 2. The number of pyridine rings is 4. The summed E-state index contributed by atoms with van der Waals surface area (Å²) in [4.78, 5) is 42.6. The molecule has 0 saturated heterocycles. The molecule has 4 heterocycles. The van der Waals surface area contributed by atoms with Crippen molar-refractivity contribution < 1.29 is 19.1 Å². The van der Waals surface area contributed by atoms with Gasteiger partial charge in [-0.25, -0.2) is 19.6 Å². The zero-order valence-corrected chi connectivity index (χ0v) is 23.2. The van der Waals surface area contributed by atoms with Crippen LogP contribution in [0.3, 0.4) is 0 Å². The van der Waals surface area contributed by atoms with Crippen molar-refractivity contribution in [3.8, 4) is 34.4 Å². The van der Waals surface area contributed by atoms with Crippen molar-refractivity contribution in [3.63, 3.8) is 0 Å². The molecule has 0 aliphatic heterocycles. The Balaban J connectivity index is 1.97. The number of hydrogen-bond donors (Lipinski definition) is 0. The standard InChI is InChI=1S/C30H24N8O4/c1-5-41-29(39)23-17(3)35-27(21(15-31)25(23)19-7-11-33-12-8-19)37-38-28-22(16-32)26(20-9-13-34-14-10-20)24(18(4)36-28)30(40)42-6-2/h7-14H,5-6H2,1-4H3. The van der Waals surface area contributed by atoms with E-state index in [-0.39, 0.29) is 69.6 Å². The van der Waals surface area contributed by atoms with E-state index in [1.807, 2.05) is 0 Å². The highest BCUT2D eigenvalue weighted by Crippen LogP contribution is 2.37. The highest BCUT2D eigenvalue weighted by Gasteiger charge is 2.27. The topological polar surface area (TPSA) is 176 Å². The summed E-state index contributed by atoms with van der Waals surface area (Å²) in [6.45, 7) is 6.79. The number of ether oxygens (including phenoxy) is 2. The molecule has 0 saturated carbocycles. The SMILES string of the molecule is CCOC(=O)c1c(C)nc(N=Nc2nc(C)c(C(=O)OCC)c(-c3ccncc3)c2C#N)c(C#N)c1-c1ccncc1. The summed E-state index contributed by atoms with van der Waals surface area (Å²) in [7, 11) is 0. The Hall–Kier alpha value is -5.88. The number of azo groups is 1. The molecule has 0 fully saturated rings. The van der Waals surface area contributed by atoms with Gasteiger partial charge < -0.3 is 9.47 Å². The van der Waals surface area contributed by atoms with Gasteiger partial charge in [0, 0.05) is 35.9 Å². The molecule has 0 N–H and O–H groups in total. The fourth-order valence-corrected chi connectivity index (χ4v) is 4.35. The summed E-state index contributed by atoms with van der Waals surface area (Å²) in [5.74, 6) is -1.49. The van der Waals surface area contributed by atoms with Crippen LogP contribution in [-0.2, 0) is 9.47 Å². The fourth-order valence-electron chi connectivity index (χ4n) is 4.35. The third kappa shape index (κ3) is 5.69. The van der Waals surface area contributed by atoms with E-state index in [1.165, 1.54) is 24.8 Å². The molecule has 42 heavy (non-hydrogen) atoms. The van der Waals surface area contributed by atoms with Crippen molar-refractivity contribution in [1.82, 2.24) is 19.9 Å². The fraction of sp³-hybridized carbons (Fsp3) is 0.200. The molecule has 0 spiro atoms. The molecule has 0 aromatic carbocycles. The Morgan fingerprint density at radius 2 is 1.07 bits per heavy atom. The predicted molar refractivity (Wildman–Crippen MR) is 150 cm³/mol. The van der Waals surface area contributed by atoms with Gasteiger partial charge in [-0.2, -0.15) is 10.5 Å². The van der Waals surface area contributed by atoms with Crippen LogP contribution in [-0.4, -0.2) is 45.1 Å². The molecule has 0 bridgehead atoms. The van der Waals surface area contributed by atoms with E-state index >= 15 is 0 Å². The molecule has 4 rings (SSSR count). The summed E-state index contributed by atoms with van der Waals surface area (Å²) in [6.07, 6.45) is 6.11. The summed E-state index contributed by atoms with van der Waals surface area (Å²) in [6, 6.07) is 10.7. The number of nitriles is 2. The summed E-state index contributed by atoms with van der Waals surface area (Å²) < 4.78 is 10.5. The maximum Gasteiger partial charge on any atom is 0.340 e. The van der Waals surface area contributed by atoms with Crippen molar-refractivity contribution in [2.24, 2.45) is 10.2 Å². The van der Waals surface area contributed by atoms with Crippen LogP contribution in [0.4, 0.5) is 11.6 Å². The van der Waals surface area contributed by atoms with E-state index in [1.54, 1.807) is 52.0 Å². The Morgan fingerprint density at radius 1 is 0.714 bits per heavy atom. The van der Waals surface area contributed by atoms with Crippen molar-refractivity contribution in [2.45, 2.75) is 27.7 Å². The maximum atomic E-state index is 12.9. The first-order valence-electron chi connectivity index (χ1n) is 12.8. The quantitative estimate of drug-likeness (QED) is 0.191. The molecular formula is C30H24N8O4. The van der Waals surface area contributed by atoms with Gasteiger partial charge in [0.1, 0.15) is 23.3 Å². The monoisotopic (exact) mass is 560 g/mol. The Labute approximate surface area is 241 Å². The number of nitrogens with zero attached hydrogens (tertiary/aromatic N) is 8. The van der Waals surface area contributed by atoms with Crippen molar-refractivity contribution in [3.05, 3.63) is 82.7 Å². The lowest BCUT2D eigenvalue weighted by molar-refractivity contribution is 0.0516. The maximum absolute atomic E-state index is 12.9. The first kappa shape index (κ1) is 29.1. The van der Waals surface area contributed by atoms with E-state index in [4.69, 9.17) is 9.47 Å². The molecule has 0 radical (unpaired) electrons. The molecule has 12 nitrogen and oxygen atoms in total. The Bertz CT molecular complexity index is 1640. The van der Waals surface area contributed by atoms with Crippen molar-refractivity contribution in [1.29, 1.82) is 10.5 Å². The van der Waals surface area contributed by atoms with Gasteiger partial charge in [0.05, 0.1) is 35.7 Å². The van der Waals surface area contributed by atoms with Crippen LogP contribution in [0.15, 0.2) is 59.3 Å². The zero-order valence-electron chi connectivity index (χ0n) is 23.2. The summed E-state index contributed by atoms with van der Waals surface area (Å²) in [5.41, 5.74) is 2.25. The first-order valence-corrected chi connectivity index (χ1v) is 12.8. The lowest BCUT2D eigenvalue weighted by Gasteiger charge is -2.15. The minimum absolute atomic E-state index is 0.0358. The lowest BCUT2D eigenvalue weighted by atomic mass is 9.95. The van der Waals surface area contributed by atoms with Crippen LogP contribution in [0.1, 0.15) is 57.1 Å². The molecule has 208 valence electrons. The molecule has 0 aliphatic rings. The molecule has 12 heteroatoms. The van der Waals surface area contributed by atoms with E-state index in [2.05, 4.69) is 42.3 Å². The number of aryl methyl sites for hydroxylation is 2. The lowest BCUT2D eigenvalue weighted by Crippen LogP contribution is -2.12. The van der Waals surface area contributed by atoms with Gasteiger partial charge in [-0.05, 0) is 63.1 Å². The Kier molecular flexibility index (Phi) is 9.00. The average molecular weight is 561 g/mol. The zero-order chi connectivity index (χ0) is 30.2. The average Bonchev–Trinajstić information content (AvgIpc) is 3.00. The Morgan fingerprint density at radius 3 is 1.38 bits per heavy atom. The smallest absolute Gasteiger partial charge is 0.340 e. The van der Waals surface area contributed by atoms with Gasteiger partial charge in [0.15, 0.2) is 11.6 Å². The first-order chi connectivity index (χ1) is 20.4. The number of esters is 2. The van der Waals surface area contributed by atoms with E-state index in [9.17, 15) is 20.1 Å². The molecule has 0 atom stereocenters. The third-order valence-corrected chi connectivity index (χ3v) is 6.08. The minimum Gasteiger partial charge on any atom is -0.462 e. The van der Waals surface area contributed by atoms with Gasteiger partial charge in [0.2, 0.25) is 0 Å². The highest BCUT2D eigenvalue weighted by molar-refractivity contribution is 6.02. The molecule has 4 aromatic rings. The highest BCUT2D eigenvalue weighted by atomic mass is 16.5. The van der Waals surface area contributed by atoms with Gasteiger partial charge in [-0.3, -0.25) is 9.97 Å². The third-order valence-electron chi connectivity index (χ3n) is 6.08. The van der Waals surface area contributed by atoms with Crippen LogP contribution >= 0.6 is 0 Å². The van der Waals surface area contributed by atoms with Crippen LogP contribution in [0.2, 0.25) is 0 Å². The second-order valence-corrected chi connectivity index (χ2v) is 8.63. The van der Waals surface area contributed by atoms with Gasteiger partial charge in [0.25, 0.3) is 0 Å². The predicted octanol–water partition coefficient (Wildman–Crippen LogP) is 5.73. The van der Waals surface area contributed by atoms with Crippen LogP contribution in [0, 0.1) is 36.5 Å². The summed E-state index contributed by atoms with van der Waals surface area (Å²) >= 11 is 0. The number of aromatic nitrogens is 4. The van der Waals surface area contributed by atoms with Gasteiger partial charge in [-0.1, -0.05) is 0 Å². The van der Waals surface area contributed by atoms with Crippen LogP contribution in [0.25, 0.3) is 22.3 Å². The van der Waals surface area contributed by atoms with Gasteiger partial charge in [-0.15, -0.1) is 10.2 Å². The van der Waals surface area contributed by atoms with E-state index in [0.29, 0.717) is 11.1 Å². The van der Waals surface area contributed by atoms with E-state index in [0.717, 1.165) is 0 Å². The largest absolute Gasteiger partial charge is 0.462 e. The minimum atomic E-state index is -0.644. The molecule has 0 amide bonds. The van der Waals surface area contributed by atoms with Crippen molar-refractivity contribution in [2.75, 3.05) is 13.2 Å². The normalized spacial score (nSPS) is 10.6. The number of carbonyl (C=O) groups is 2. The number of hydrogen-bond acceptors (Lipinski definition) is 12. The number of rotatable bonds is 8. The molecule has 0 aliphatic carbocycles. The molecule has 4 aromatic heterocycles. The molecular weight excluding hydrogens is 536 g/mol. The second kappa shape index (κ2) is 13.0. The molecule has 0 unspecified atom stereocenters. The van der Waals surface area contributed by atoms with Gasteiger partial charge >= 0.3 is 11.9 Å². The van der Waals surface area contributed by atoms with Crippen LogP contribution in [0.5, 0.6) is 0 Å². The second-order valence-electron chi connectivity index (χ2n) is 8.63. The van der Waals surface area contributed by atoms with Crippen LogP contribution < -0.4 is 0 Å². The van der Waals surface area contributed by atoms with E-state index < -0.39 is 11.9 Å². The van der Waals surface area contributed by atoms with Crippen molar-refractivity contribution >= 4 is 23.6 Å². The summed E-state index contributed by atoms with van der Waals surface area (Å²) in [5, 5.41) is 28.8.